The number of aryl methyl sites for hydroxylation is 1. The molecule has 1 rings (SSSR count). The molecule has 1 aromatic carbocycles. The van der Waals surface area contributed by atoms with Gasteiger partial charge in [-0.3, -0.25) is 0 Å². The van der Waals surface area contributed by atoms with Crippen LogP contribution in [0.5, 0.6) is 5.75 Å². The number of thiol groups is 1. The van der Waals surface area contributed by atoms with Crippen molar-refractivity contribution in [2.45, 2.75) is 13.3 Å². The fourth-order valence-electron chi connectivity index (χ4n) is 1.53. The highest BCUT2D eigenvalue weighted by Crippen LogP contribution is 2.18. The molecular weight excluding hydrogens is 206 g/mol. The normalized spacial score (nSPS) is 10.3. The minimum atomic E-state index is 0.891. The summed E-state index contributed by atoms with van der Waals surface area (Å²) < 4.78 is 5.22. The number of methoxy groups -OCH3 is 1. The van der Waals surface area contributed by atoms with Crippen LogP contribution < -0.4 is 10.1 Å². The van der Waals surface area contributed by atoms with E-state index in [1.165, 1.54) is 11.1 Å². The third-order valence-corrected chi connectivity index (χ3v) is 2.56. The zero-order chi connectivity index (χ0) is 11.1. The highest BCUT2D eigenvalue weighted by Gasteiger charge is 1.99. The lowest BCUT2D eigenvalue weighted by Crippen LogP contribution is -2.19. The zero-order valence-electron chi connectivity index (χ0n) is 9.42. The van der Waals surface area contributed by atoms with Gasteiger partial charge in [-0.1, -0.05) is 12.1 Å². The molecule has 0 radical (unpaired) electrons. The summed E-state index contributed by atoms with van der Waals surface area (Å²) in [5.74, 6) is 1.85. The summed E-state index contributed by atoms with van der Waals surface area (Å²) in [4.78, 5) is 0. The molecule has 84 valence electrons. The molecule has 2 nitrogen and oxygen atoms in total. The standard InChI is InChI=1S/C12H19NOS/c1-10-9-11(3-4-12(10)14-2)5-6-13-7-8-15/h3-4,9,13,15H,5-8H2,1-2H3. The van der Waals surface area contributed by atoms with Gasteiger partial charge in [-0.05, 0) is 37.1 Å². The van der Waals surface area contributed by atoms with E-state index in [9.17, 15) is 0 Å². The maximum atomic E-state index is 5.22. The maximum Gasteiger partial charge on any atom is 0.121 e. The molecule has 1 aromatic rings. The first-order valence-electron chi connectivity index (χ1n) is 5.23. The second-order valence-electron chi connectivity index (χ2n) is 3.53. The van der Waals surface area contributed by atoms with Crippen molar-refractivity contribution in [1.82, 2.24) is 5.32 Å². The SMILES string of the molecule is COc1ccc(CCNCCS)cc1C. The summed E-state index contributed by atoms with van der Waals surface area (Å²) in [6.45, 7) is 4.05. The number of nitrogens with one attached hydrogen (secondary N) is 1. The summed E-state index contributed by atoms with van der Waals surface area (Å²) in [7, 11) is 1.70. The fourth-order valence-corrected chi connectivity index (χ4v) is 1.69. The molecule has 1 N–H and O–H groups in total. The zero-order valence-corrected chi connectivity index (χ0v) is 10.3. The van der Waals surface area contributed by atoms with Gasteiger partial charge in [0.1, 0.15) is 5.75 Å². The Morgan fingerprint density at radius 3 is 2.73 bits per heavy atom. The quantitative estimate of drug-likeness (QED) is 0.571. The molecule has 0 amide bonds. The third kappa shape index (κ3) is 4.14. The minimum Gasteiger partial charge on any atom is -0.496 e. The molecule has 0 aliphatic carbocycles. The Labute approximate surface area is 97.4 Å². The molecular formula is C12H19NOS. The van der Waals surface area contributed by atoms with Gasteiger partial charge in [0.05, 0.1) is 7.11 Å². The first-order chi connectivity index (χ1) is 7.27. The van der Waals surface area contributed by atoms with E-state index in [1.54, 1.807) is 7.11 Å². The van der Waals surface area contributed by atoms with Gasteiger partial charge in [0.25, 0.3) is 0 Å². The molecule has 0 aliphatic heterocycles. The van der Waals surface area contributed by atoms with E-state index in [1.807, 2.05) is 6.07 Å². The van der Waals surface area contributed by atoms with Gasteiger partial charge in [-0.15, -0.1) is 0 Å². The molecule has 0 aliphatic rings. The fraction of sp³-hybridized carbons (Fsp3) is 0.500. The van der Waals surface area contributed by atoms with Crippen molar-refractivity contribution < 1.29 is 4.74 Å². The number of rotatable bonds is 6. The molecule has 0 unspecified atom stereocenters. The van der Waals surface area contributed by atoms with Crippen molar-refractivity contribution in [3.8, 4) is 5.75 Å². The van der Waals surface area contributed by atoms with Crippen LogP contribution in [0.4, 0.5) is 0 Å². The second-order valence-corrected chi connectivity index (χ2v) is 3.97. The monoisotopic (exact) mass is 225 g/mol. The molecule has 0 spiro atoms. The van der Waals surface area contributed by atoms with E-state index in [4.69, 9.17) is 4.74 Å². The molecule has 0 bridgehead atoms. The smallest absolute Gasteiger partial charge is 0.121 e. The lowest BCUT2D eigenvalue weighted by atomic mass is 10.1. The van der Waals surface area contributed by atoms with Crippen LogP contribution in [0.15, 0.2) is 18.2 Å². The van der Waals surface area contributed by atoms with Crippen molar-refractivity contribution in [3.63, 3.8) is 0 Å². The van der Waals surface area contributed by atoms with E-state index in [2.05, 4.69) is 37.0 Å². The van der Waals surface area contributed by atoms with Gasteiger partial charge in [0.15, 0.2) is 0 Å². The van der Waals surface area contributed by atoms with Gasteiger partial charge in [0.2, 0.25) is 0 Å². The molecule has 0 fully saturated rings. The minimum absolute atomic E-state index is 0.891. The molecule has 3 heteroatoms. The number of hydrogen-bond donors (Lipinski definition) is 2. The highest BCUT2D eigenvalue weighted by molar-refractivity contribution is 7.80. The van der Waals surface area contributed by atoms with Gasteiger partial charge in [-0.25, -0.2) is 0 Å². The van der Waals surface area contributed by atoms with Crippen molar-refractivity contribution in [1.29, 1.82) is 0 Å². The van der Waals surface area contributed by atoms with Crippen LogP contribution in [-0.2, 0) is 6.42 Å². The first-order valence-corrected chi connectivity index (χ1v) is 5.86. The van der Waals surface area contributed by atoms with E-state index in [0.717, 1.165) is 31.0 Å². The van der Waals surface area contributed by atoms with Crippen LogP contribution in [0.25, 0.3) is 0 Å². The van der Waals surface area contributed by atoms with Crippen LogP contribution in [0, 0.1) is 6.92 Å². The Kier molecular flexibility index (Phi) is 5.58. The number of hydrogen-bond acceptors (Lipinski definition) is 3. The van der Waals surface area contributed by atoms with Gasteiger partial charge in [-0.2, -0.15) is 12.6 Å². The van der Waals surface area contributed by atoms with E-state index in [0.29, 0.717) is 0 Å². The second kappa shape index (κ2) is 6.75. The average Bonchev–Trinajstić information content (AvgIpc) is 2.25. The average molecular weight is 225 g/mol. The van der Waals surface area contributed by atoms with Crippen LogP contribution >= 0.6 is 12.6 Å². The number of benzene rings is 1. The lowest BCUT2D eigenvalue weighted by molar-refractivity contribution is 0.411. The largest absolute Gasteiger partial charge is 0.496 e. The van der Waals surface area contributed by atoms with Crippen molar-refractivity contribution in [2.75, 3.05) is 26.0 Å². The molecule has 15 heavy (non-hydrogen) atoms. The van der Waals surface area contributed by atoms with Crippen molar-refractivity contribution >= 4 is 12.6 Å². The summed E-state index contributed by atoms with van der Waals surface area (Å²) in [6.07, 6.45) is 1.05. The predicted molar refractivity (Wildman–Crippen MR) is 68.2 cm³/mol. The van der Waals surface area contributed by atoms with E-state index in [-0.39, 0.29) is 0 Å². The predicted octanol–water partition coefficient (Wildman–Crippen LogP) is 2.07. The van der Waals surface area contributed by atoms with E-state index < -0.39 is 0 Å². The van der Waals surface area contributed by atoms with Crippen LogP contribution in [0.2, 0.25) is 0 Å². The van der Waals surface area contributed by atoms with Gasteiger partial charge >= 0.3 is 0 Å². The van der Waals surface area contributed by atoms with Gasteiger partial charge < -0.3 is 10.1 Å². The van der Waals surface area contributed by atoms with Gasteiger partial charge in [0, 0.05) is 12.3 Å². The Hall–Kier alpha value is -0.670. The van der Waals surface area contributed by atoms with E-state index >= 15 is 0 Å². The molecule has 0 heterocycles. The van der Waals surface area contributed by atoms with Crippen molar-refractivity contribution in [3.05, 3.63) is 29.3 Å². The first kappa shape index (κ1) is 12.4. The maximum absolute atomic E-state index is 5.22. The molecule has 0 aromatic heterocycles. The Morgan fingerprint density at radius 2 is 2.13 bits per heavy atom. The molecule has 0 saturated heterocycles. The molecule has 0 atom stereocenters. The topological polar surface area (TPSA) is 21.3 Å². The lowest BCUT2D eigenvalue weighted by Gasteiger charge is -2.07. The summed E-state index contributed by atoms with van der Waals surface area (Å²) >= 11 is 4.14. The summed E-state index contributed by atoms with van der Waals surface area (Å²) in [5.41, 5.74) is 2.55. The van der Waals surface area contributed by atoms with Crippen molar-refractivity contribution in [2.24, 2.45) is 0 Å². The third-order valence-electron chi connectivity index (χ3n) is 2.34. The summed E-state index contributed by atoms with van der Waals surface area (Å²) in [6, 6.07) is 6.33. The number of ether oxygens (including phenoxy) is 1. The van der Waals surface area contributed by atoms with Crippen LogP contribution in [-0.4, -0.2) is 26.0 Å². The summed E-state index contributed by atoms with van der Waals surface area (Å²) in [5, 5.41) is 3.32. The Bertz CT molecular complexity index is 302. The Balaban J connectivity index is 2.45. The van der Waals surface area contributed by atoms with Crippen LogP contribution in [0.3, 0.4) is 0 Å². The molecule has 0 saturated carbocycles. The Morgan fingerprint density at radius 1 is 1.33 bits per heavy atom. The highest BCUT2D eigenvalue weighted by atomic mass is 32.1. The van der Waals surface area contributed by atoms with Crippen LogP contribution in [0.1, 0.15) is 11.1 Å².